The summed E-state index contributed by atoms with van der Waals surface area (Å²) in [6.07, 6.45) is -2.77. The van der Waals surface area contributed by atoms with Crippen LogP contribution in [0.15, 0.2) is 18.2 Å². The largest absolute Gasteiger partial charge is 0.370 e. The molecular weight excluding hydrogens is 432 g/mol. The summed E-state index contributed by atoms with van der Waals surface area (Å²) in [5, 5.41) is 2.43. The fourth-order valence-electron chi connectivity index (χ4n) is 3.95. The van der Waals surface area contributed by atoms with Gasteiger partial charge in [0.1, 0.15) is 12.6 Å². The lowest BCUT2D eigenvalue weighted by atomic mass is 9.85. The highest BCUT2D eigenvalue weighted by molar-refractivity contribution is 5.97. The molecule has 2 fully saturated rings. The van der Waals surface area contributed by atoms with Gasteiger partial charge in [0.05, 0.1) is 13.2 Å². The number of hydrogen-bond donors (Lipinski definition) is 2. The first-order valence-corrected chi connectivity index (χ1v) is 10.6. The zero-order valence-electron chi connectivity index (χ0n) is 17.6. The number of nitrogens with one attached hydrogen (secondary N) is 1. The highest BCUT2D eigenvalue weighted by Crippen LogP contribution is 2.32. The van der Waals surface area contributed by atoms with Gasteiger partial charge in [-0.2, -0.15) is 0 Å². The van der Waals surface area contributed by atoms with E-state index in [4.69, 9.17) is 10.5 Å². The molecule has 1 aliphatic carbocycles. The van der Waals surface area contributed by atoms with Crippen LogP contribution in [-0.4, -0.2) is 68.6 Å². The molecule has 3 N–H and O–H groups in total. The van der Waals surface area contributed by atoms with Crippen LogP contribution in [0.3, 0.4) is 0 Å². The number of benzene rings is 1. The summed E-state index contributed by atoms with van der Waals surface area (Å²) in [7, 11) is 0. The molecule has 1 saturated carbocycles. The minimum absolute atomic E-state index is 0.137. The second-order valence-electron chi connectivity index (χ2n) is 8.05. The van der Waals surface area contributed by atoms with E-state index >= 15 is 0 Å². The Kier molecular flexibility index (Phi) is 8.44. The van der Waals surface area contributed by atoms with Gasteiger partial charge in [-0.1, -0.05) is 6.42 Å². The highest BCUT2D eigenvalue weighted by Gasteiger charge is 2.32. The number of halogens is 4. The van der Waals surface area contributed by atoms with Gasteiger partial charge >= 0.3 is 0 Å². The van der Waals surface area contributed by atoms with Crippen molar-refractivity contribution in [3.8, 4) is 0 Å². The van der Waals surface area contributed by atoms with Crippen LogP contribution in [-0.2, 0) is 14.3 Å². The molecule has 0 bridgehead atoms. The first-order chi connectivity index (χ1) is 15.3. The molecule has 3 rings (SSSR count). The summed E-state index contributed by atoms with van der Waals surface area (Å²) >= 11 is 0. The summed E-state index contributed by atoms with van der Waals surface area (Å²) in [6, 6.07) is 2.81. The van der Waals surface area contributed by atoms with E-state index in [2.05, 4.69) is 5.32 Å². The summed E-state index contributed by atoms with van der Waals surface area (Å²) in [4.78, 5) is 27.6. The number of carbonyl (C=O) groups excluding carboxylic acids is 2. The maximum Gasteiger partial charge on any atom is 0.265 e. The molecule has 1 aromatic carbocycles. The average Bonchev–Trinajstić information content (AvgIpc) is 2.71. The van der Waals surface area contributed by atoms with Crippen LogP contribution in [0, 0.1) is 5.92 Å². The molecule has 178 valence electrons. The van der Waals surface area contributed by atoms with Crippen molar-refractivity contribution in [1.29, 1.82) is 0 Å². The molecule has 2 aliphatic rings. The molecule has 0 unspecified atom stereocenters. The second kappa shape index (κ2) is 11.1. The van der Waals surface area contributed by atoms with E-state index in [-0.39, 0.29) is 49.5 Å². The van der Waals surface area contributed by atoms with Crippen molar-refractivity contribution in [3.63, 3.8) is 0 Å². The first kappa shape index (κ1) is 24.4. The van der Waals surface area contributed by atoms with Crippen molar-refractivity contribution in [2.75, 3.05) is 49.6 Å². The van der Waals surface area contributed by atoms with E-state index in [1.807, 2.05) is 0 Å². The number of carbonyl (C=O) groups is 2. The van der Waals surface area contributed by atoms with Gasteiger partial charge in [-0.3, -0.25) is 14.5 Å². The van der Waals surface area contributed by atoms with E-state index < -0.39 is 36.9 Å². The van der Waals surface area contributed by atoms with Crippen LogP contribution in [0.5, 0.6) is 0 Å². The van der Waals surface area contributed by atoms with Gasteiger partial charge in [-0.25, -0.2) is 17.6 Å². The molecule has 0 aromatic heterocycles. The number of nitrogens with zero attached hydrogens (tertiary/aromatic N) is 2. The van der Waals surface area contributed by atoms with Crippen LogP contribution >= 0.6 is 0 Å². The topological polar surface area (TPSA) is 87.9 Å². The second-order valence-corrected chi connectivity index (χ2v) is 8.05. The monoisotopic (exact) mass is 460 g/mol. The number of ether oxygens (including phenoxy) is 1. The van der Waals surface area contributed by atoms with Crippen molar-refractivity contribution in [1.82, 2.24) is 4.90 Å². The van der Waals surface area contributed by atoms with E-state index in [9.17, 15) is 27.2 Å². The molecule has 0 radical (unpaired) electrons. The van der Waals surface area contributed by atoms with Crippen LogP contribution in [0.2, 0.25) is 0 Å². The minimum Gasteiger partial charge on any atom is -0.370 e. The summed E-state index contributed by atoms with van der Waals surface area (Å²) < 4.78 is 58.8. The maximum absolute atomic E-state index is 13.7. The van der Waals surface area contributed by atoms with Gasteiger partial charge in [0.25, 0.3) is 18.8 Å². The third kappa shape index (κ3) is 5.96. The Morgan fingerprint density at radius 3 is 2.59 bits per heavy atom. The number of alkyl halides is 4. The van der Waals surface area contributed by atoms with Gasteiger partial charge < -0.3 is 20.7 Å². The number of anilines is 2. The zero-order valence-corrected chi connectivity index (χ0v) is 17.6. The Morgan fingerprint density at radius 1 is 1.28 bits per heavy atom. The molecule has 11 heteroatoms. The summed E-state index contributed by atoms with van der Waals surface area (Å²) in [6.45, 7) is -0.165. The quantitative estimate of drug-likeness (QED) is 0.524. The minimum atomic E-state index is -2.93. The number of morpholine rings is 1. The standard InChI is InChI=1S/C21H28F4N4O3/c22-18(23)11-28(10-13-2-1-3-13)17(9-26)21(31)27-16-5-4-14(8-15(16)20(24)25)29-6-7-32-12-19(29)30/h4-5,8,13,17-18,20H,1-3,6-7,9-12,26H2,(H,27,31)/t17-/m1/s1. The molecular formula is C21H28F4N4O3. The van der Waals surface area contributed by atoms with E-state index in [1.165, 1.54) is 21.9 Å². The molecule has 0 spiro atoms. The highest BCUT2D eigenvalue weighted by atomic mass is 19.3. The van der Waals surface area contributed by atoms with Crippen LogP contribution in [0.4, 0.5) is 28.9 Å². The maximum atomic E-state index is 13.7. The lowest BCUT2D eigenvalue weighted by Crippen LogP contribution is -2.52. The fraction of sp³-hybridized carbons (Fsp3) is 0.619. The van der Waals surface area contributed by atoms with E-state index in [0.29, 0.717) is 6.54 Å². The Morgan fingerprint density at radius 2 is 2.03 bits per heavy atom. The normalized spacial score (nSPS) is 18.4. The molecule has 1 saturated heterocycles. The Balaban J connectivity index is 1.78. The van der Waals surface area contributed by atoms with Crippen molar-refractivity contribution in [3.05, 3.63) is 23.8 Å². The average molecular weight is 460 g/mol. The van der Waals surface area contributed by atoms with Crippen molar-refractivity contribution in [2.45, 2.75) is 38.2 Å². The van der Waals surface area contributed by atoms with E-state index in [1.54, 1.807) is 0 Å². The molecule has 2 amide bonds. The smallest absolute Gasteiger partial charge is 0.265 e. The molecule has 7 nitrogen and oxygen atoms in total. The molecule has 1 aromatic rings. The van der Waals surface area contributed by atoms with Gasteiger partial charge in [0, 0.05) is 36.6 Å². The number of nitrogens with two attached hydrogens (primary N) is 1. The number of hydrogen-bond acceptors (Lipinski definition) is 5. The third-order valence-electron chi connectivity index (χ3n) is 5.88. The number of amides is 2. The zero-order chi connectivity index (χ0) is 23.3. The fourth-order valence-corrected chi connectivity index (χ4v) is 3.95. The van der Waals surface area contributed by atoms with Crippen molar-refractivity contribution < 1.29 is 31.9 Å². The SMILES string of the molecule is NC[C@H](C(=O)Nc1ccc(N2CCOCC2=O)cc1C(F)F)N(CC(F)F)CC1CCC1. The molecule has 1 atom stereocenters. The Hall–Kier alpha value is -2.24. The van der Waals surface area contributed by atoms with Crippen LogP contribution in [0.25, 0.3) is 0 Å². The summed E-state index contributed by atoms with van der Waals surface area (Å²) in [5.41, 5.74) is 5.38. The lowest BCUT2D eigenvalue weighted by molar-refractivity contribution is -0.125. The van der Waals surface area contributed by atoms with Crippen molar-refractivity contribution >= 4 is 23.2 Å². The lowest BCUT2D eigenvalue weighted by Gasteiger charge is -2.36. The number of rotatable bonds is 10. The van der Waals surface area contributed by atoms with Crippen molar-refractivity contribution in [2.24, 2.45) is 11.7 Å². The van der Waals surface area contributed by atoms with Crippen LogP contribution in [0.1, 0.15) is 31.3 Å². The Labute approximate surface area is 183 Å². The van der Waals surface area contributed by atoms with Gasteiger partial charge in [-0.05, 0) is 37.0 Å². The predicted molar refractivity (Wildman–Crippen MR) is 111 cm³/mol. The predicted octanol–water partition coefficient (Wildman–Crippen LogP) is 2.62. The molecule has 1 aliphatic heterocycles. The Bertz CT molecular complexity index is 807. The third-order valence-corrected chi connectivity index (χ3v) is 5.88. The summed E-state index contributed by atoms with van der Waals surface area (Å²) in [5.74, 6) is -0.850. The van der Waals surface area contributed by atoms with Gasteiger partial charge in [-0.15, -0.1) is 0 Å². The van der Waals surface area contributed by atoms with E-state index in [0.717, 1.165) is 25.3 Å². The van der Waals surface area contributed by atoms with Gasteiger partial charge in [0.2, 0.25) is 5.91 Å². The first-order valence-electron chi connectivity index (χ1n) is 10.6. The molecule has 32 heavy (non-hydrogen) atoms. The van der Waals surface area contributed by atoms with Gasteiger partial charge in [0.15, 0.2) is 0 Å². The van der Waals surface area contributed by atoms with Crippen LogP contribution < -0.4 is 16.0 Å². The molecule has 1 heterocycles.